The van der Waals surface area contributed by atoms with E-state index in [2.05, 4.69) is 24.1 Å². The quantitative estimate of drug-likeness (QED) is 0.650. The highest BCUT2D eigenvalue weighted by Crippen LogP contribution is 1.99. The maximum Gasteiger partial charge on any atom is 0.0478 e. The van der Waals surface area contributed by atoms with Gasteiger partial charge < -0.3 is 15.0 Å². The first-order chi connectivity index (χ1) is 6.83. The Morgan fingerprint density at radius 3 is 3.00 bits per heavy atom. The van der Waals surface area contributed by atoms with Crippen LogP contribution in [0.15, 0.2) is 0 Å². The zero-order valence-corrected chi connectivity index (χ0v) is 9.59. The summed E-state index contributed by atoms with van der Waals surface area (Å²) in [5.41, 5.74) is 0. The number of nitrogens with one attached hydrogen (secondary N) is 1. The van der Waals surface area contributed by atoms with Crippen molar-refractivity contribution >= 4 is 0 Å². The monoisotopic (exact) mass is 200 g/mol. The van der Waals surface area contributed by atoms with E-state index in [0.717, 1.165) is 26.2 Å². The highest BCUT2D eigenvalue weighted by molar-refractivity contribution is 4.74. The van der Waals surface area contributed by atoms with Crippen molar-refractivity contribution in [2.75, 3.05) is 39.4 Å². The average molecular weight is 200 g/mol. The van der Waals surface area contributed by atoms with E-state index in [1.165, 1.54) is 26.1 Å². The van der Waals surface area contributed by atoms with Gasteiger partial charge in [-0.1, -0.05) is 6.92 Å². The van der Waals surface area contributed by atoms with Crippen LogP contribution in [0.25, 0.3) is 0 Å². The summed E-state index contributed by atoms with van der Waals surface area (Å²) in [6.45, 7) is 10.9. The maximum absolute atomic E-state index is 5.46. The van der Waals surface area contributed by atoms with Crippen molar-refractivity contribution in [2.45, 2.75) is 32.7 Å². The van der Waals surface area contributed by atoms with Crippen LogP contribution in [0.1, 0.15) is 26.7 Å². The molecule has 3 heteroatoms. The third-order valence-corrected chi connectivity index (χ3v) is 2.56. The fourth-order valence-electron chi connectivity index (χ4n) is 1.85. The van der Waals surface area contributed by atoms with E-state index in [0.29, 0.717) is 6.04 Å². The lowest BCUT2D eigenvalue weighted by molar-refractivity contribution is 0.115. The molecule has 3 nitrogen and oxygen atoms in total. The second-order valence-corrected chi connectivity index (χ2v) is 4.12. The van der Waals surface area contributed by atoms with Crippen LogP contribution in [0.5, 0.6) is 0 Å². The summed E-state index contributed by atoms with van der Waals surface area (Å²) in [6, 6.07) is 0.653. The van der Waals surface area contributed by atoms with Crippen LogP contribution in [-0.2, 0) is 4.74 Å². The Kier molecular flexibility index (Phi) is 6.15. The molecule has 1 atom stereocenters. The number of piperazine rings is 1. The number of nitrogens with zero attached hydrogens (tertiary/aromatic N) is 1. The molecule has 0 aromatic heterocycles. The van der Waals surface area contributed by atoms with E-state index in [9.17, 15) is 0 Å². The van der Waals surface area contributed by atoms with Crippen LogP contribution in [0.2, 0.25) is 0 Å². The summed E-state index contributed by atoms with van der Waals surface area (Å²) in [7, 11) is 0. The summed E-state index contributed by atoms with van der Waals surface area (Å²) in [6.07, 6.45) is 2.30. The minimum Gasteiger partial charge on any atom is -0.381 e. The molecule has 0 radical (unpaired) electrons. The van der Waals surface area contributed by atoms with Crippen molar-refractivity contribution < 1.29 is 4.74 Å². The van der Waals surface area contributed by atoms with Crippen LogP contribution < -0.4 is 5.32 Å². The molecule has 0 aromatic rings. The van der Waals surface area contributed by atoms with Gasteiger partial charge in [0.2, 0.25) is 0 Å². The molecule has 0 saturated carbocycles. The Morgan fingerprint density at radius 2 is 2.29 bits per heavy atom. The SMILES string of the molecule is CCCOCCCN1CCNC(C)C1. The molecule has 0 amide bonds. The Bertz CT molecular complexity index is 141. The lowest BCUT2D eigenvalue weighted by Gasteiger charge is -2.31. The van der Waals surface area contributed by atoms with E-state index in [1.54, 1.807) is 0 Å². The minimum absolute atomic E-state index is 0.653. The Labute approximate surface area is 87.8 Å². The normalized spacial score (nSPS) is 24.0. The van der Waals surface area contributed by atoms with Crippen LogP contribution in [0.3, 0.4) is 0 Å². The third kappa shape index (κ3) is 4.94. The molecule has 1 unspecified atom stereocenters. The molecule has 1 aliphatic rings. The molecule has 14 heavy (non-hydrogen) atoms. The summed E-state index contributed by atoms with van der Waals surface area (Å²) in [5, 5.41) is 3.45. The van der Waals surface area contributed by atoms with Crippen LogP contribution >= 0.6 is 0 Å². The lowest BCUT2D eigenvalue weighted by Crippen LogP contribution is -2.49. The minimum atomic E-state index is 0.653. The second kappa shape index (κ2) is 7.21. The molecule has 1 heterocycles. The zero-order valence-electron chi connectivity index (χ0n) is 9.59. The molecule has 1 saturated heterocycles. The summed E-state index contributed by atoms with van der Waals surface area (Å²) >= 11 is 0. The predicted molar refractivity (Wildman–Crippen MR) is 59.6 cm³/mol. The molecule has 0 spiro atoms. The average Bonchev–Trinajstić information content (AvgIpc) is 2.18. The van der Waals surface area contributed by atoms with E-state index in [1.807, 2.05) is 0 Å². The van der Waals surface area contributed by atoms with Gasteiger partial charge in [-0.2, -0.15) is 0 Å². The van der Waals surface area contributed by atoms with Gasteiger partial charge in [0.05, 0.1) is 0 Å². The molecule has 0 aliphatic carbocycles. The van der Waals surface area contributed by atoms with Crippen molar-refractivity contribution in [3.05, 3.63) is 0 Å². The molecule has 1 N–H and O–H groups in total. The van der Waals surface area contributed by atoms with Gasteiger partial charge in [0.15, 0.2) is 0 Å². The summed E-state index contributed by atoms with van der Waals surface area (Å²) < 4.78 is 5.46. The van der Waals surface area contributed by atoms with Gasteiger partial charge in [-0.15, -0.1) is 0 Å². The van der Waals surface area contributed by atoms with Crippen LogP contribution in [0, 0.1) is 0 Å². The number of ether oxygens (including phenoxy) is 1. The maximum atomic E-state index is 5.46. The Morgan fingerprint density at radius 1 is 1.43 bits per heavy atom. The molecule has 1 aliphatic heterocycles. The topological polar surface area (TPSA) is 24.5 Å². The van der Waals surface area contributed by atoms with Gasteiger partial charge in [0, 0.05) is 45.4 Å². The fraction of sp³-hybridized carbons (Fsp3) is 1.00. The highest BCUT2D eigenvalue weighted by atomic mass is 16.5. The van der Waals surface area contributed by atoms with Crippen molar-refractivity contribution in [1.82, 2.24) is 10.2 Å². The van der Waals surface area contributed by atoms with E-state index < -0.39 is 0 Å². The lowest BCUT2D eigenvalue weighted by atomic mass is 10.2. The largest absolute Gasteiger partial charge is 0.381 e. The highest BCUT2D eigenvalue weighted by Gasteiger charge is 2.14. The predicted octanol–water partition coefficient (Wildman–Crippen LogP) is 1.10. The standard InChI is InChI=1S/C11H24N2O/c1-3-8-14-9-4-6-13-7-5-12-11(2)10-13/h11-12H,3-10H2,1-2H3. The van der Waals surface area contributed by atoms with E-state index in [4.69, 9.17) is 4.74 Å². The van der Waals surface area contributed by atoms with E-state index in [-0.39, 0.29) is 0 Å². The molecule has 84 valence electrons. The van der Waals surface area contributed by atoms with Crippen molar-refractivity contribution in [2.24, 2.45) is 0 Å². The van der Waals surface area contributed by atoms with Gasteiger partial charge in [-0.25, -0.2) is 0 Å². The fourth-order valence-corrected chi connectivity index (χ4v) is 1.85. The van der Waals surface area contributed by atoms with Crippen molar-refractivity contribution in [3.8, 4) is 0 Å². The number of rotatable bonds is 6. The van der Waals surface area contributed by atoms with Crippen molar-refractivity contribution in [3.63, 3.8) is 0 Å². The molecule has 0 aromatic carbocycles. The first kappa shape index (κ1) is 12.0. The second-order valence-electron chi connectivity index (χ2n) is 4.12. The number of hydrogen-bond donors (Lipinski definition) is 1. The Hall–Kier alpha value is -0.120. The van der Waals surface area contributed by atoms with Gasteiger partial charge in [-0.3, -0.25) is 0 Å². The van der Waals surface area contributed by atoms with Gasteiger partial charge >= 0.3 is 0 Å². The van der Waals surface area contributed by atoms with Crippen LogP contribution in [0.4, 0.5) is 0 Å². The van der Waals surface area contributed by atoms with Gasteiger partial charge in [0.1, 0.15) is 0 Å². The van der Waals surface area contributed by atoms with E-state index >= 15 is 0 Å². The molecular formula is C11H24N2O. The summed E-state index contributed by atoms with van der Waals surface area (Å²) in [5.74, 6) is 0. The smallest absolute Gasteiger partial charge is 0.0478 e. The first-order valence-corrected chi connectivity index (χ1v) is 5.86. The summed E-state index contributed by atoms with van der Waals surface area (Å²) in [4.78, 5) is 2.52. The van der Waals surface area contributed by atoms with Gasteiger partial charge in [-0.05, 0) is 19.8 Å². The number of hydrogen-bond acceptors (Lipinski definition) is 3. The first-order valence-electron chi connectivity index (χ1n) is 5.86. The third-order valence-electron chi connectivity index (χ3n) is 2.56. The Balaban J connectivity index is 1.95. The molecule has 0 bridgehead atoms. The molecular weight excluding hydrogens is 176 g/mol. The zero-order chi connectivity index (χ0) is 10.2. The molecule has 1 fully saturated rings. The van der Waals surface area contributed by atoms with Crippen molar-refractivity contribution in [1.29, 1.82) is 0 Å². The van der Waals surface area contributed by atoms with Gasteiger partial charge in [0.25, 0.3) is 0 Å². The molecule has 1 rings (SSSR count). The van der Waals surface area contributed by atoms with Crippen LogP contribution in [-0.4, -0.2) is 50.3 Å².